The molecule has 1 amide bonds. The van der Waals surface area contributed by atoms with Crippen molar-refractivity contribution >= 4 is 11.6 Å². The van der Waals surface area contributed by atoms with E-state index in [4.69, 9.17) is 9.47 Å². The van der Waals surface area contributed by atoms with Crippen molar-refractivity contribution in [1.29, 1.82) is 0 Å². The maximum absolute atomic E-state index is 12.0. The number of carbonyl (C=O) groups is 1. The van der Waals surface area contributed by atoms with Crippen LogP contribution in [0.1, 0.15) is 10.4 Å². The average molecular weight is 289 g/mol. The molecule has 0 saturated heterocycles. The van der Waals surface area contributed by atoms with Crippen molar-refractivity contribution in [3.63, 3.8) is 0 Å². The number of hydrogen-bond acceptors (Lipinski definition) is 5. The van der Waals surface area contributed by atoms with Crippen LogP contribution < -0.4 is 26.0 Å². The maximum atomic E-state index is 12.0. The number of ether oxygens (including phenoxy) is 2. The van der Waals surface area contributed by atoms with Crippen molar-refractivity contribution < 1.29 is 14.3 Å². The monoisotopic (exact) mass is 289 g/mol. The molecule has 0 fully saturated rings. The number of benzene rings is 1. The predicted molar refractivity (Wildman–Crippen MR) is 73.1 cm³/mol. The molecule has 8 nitrogen and oxygen atoms in total. The van der Waals surface area contributed by atoms with Gasteiger partial charge < -0.3 is 19.8 Å². The number of carbonyl (C=O) groups excluding carboxylic acids is 1. The van der Waals surface area contributed by atoms with Crippen LogP contribution in [0.4, 0.5) is 5.69 Å². The lowest BCUT2D eigenvalue weighted by Gasteiger charge is -2.18. The minimum atomic E-state index is -0.756. The average Bonchev–Trinajstić information content (AvgIpc) is 2.47. The highest BCUT2D eigenvalue weighted by atomic mass is 16.6. The molecule has 1 aliphatic heterocycles. The van der Waals surface area contributed by atoms with E-state index in [1.807, 2.05) is 4.98 Å². The Hall–Kier alpha value is -3.03. The number of rotatable bonds is 2. The Morgan fingerprint density at radius 2 is 1.90 bits per heavy atom. The first-order chi connectivity index (χ1) is 10.1. The first-order valence-corrected chi connectivity index (χ1v) is 6.16. The van der Waals surface area contributed by atoms with Gasteiger partial charge in [0.25, 0.3) is 11.5 Å². The fourth-order valence-electron chi connectivity index (χ4n) is 1.90. The van der Waals surface area contributed by atoms with Crippen LogP contribution in [0, 0.1) is 0 Å². The molecule has 0 atom stereocenters. The largest absolute Gasteiger partial charge is 0.486 e. The molecule has 1 aromatic carbocycles. The molecule has 21 heavy (non-hydrogen) atoms. The molecule has 0 aliphatic carbocycles. The summed E-state index contributed by atoms with van der Waals surface area (Å²) in [6, 6.07) is 4.90. The summed E-state index contributed by atoms with van der Waals surface area (Å²) in [5, 5.41) is 2.55. The summed E-state index contributed by atoms with van der Waals surface area (Å²) < 4.78 is 10.8. The van der Waals surface area contributed by atoms with E-state index in [0.29, 0.717) is 30.4 Å². The van der Waals surface area contributed by atoms with E-state index >= 15 is 0 Å². The summed E-state index contributed by atoms with van der Waals surface area (Å²) >= 11 is 0. The molecule has 8 heteroatoms. The molecule has 3 N–H and O–H groups in total. The van der Waals surface area contributed by atoms with Gasteiger partial charge in [-0.05, 0) is 12.1 Å². The van der Waals surface area contributed by atoms with Crippen molar-refractivity contribution in [1.82, 2.24) is 9.97 Å². The molecular weight excluding hydrogens is 278 g/mol. The summed E-state index contributed by atoms with van der Waals surface area (Å²) in [4.78, 5) is 38.6. The number of hydrogen-bond donors (Lipinski definition) is 3. The van der Waals surface area contributed by atoms with Gasteiger partial charge in [-0.25, -0.2) is 4.79 Å². The van der Waals surface area contributed by atoms with Crippen LogP contribution in [0.2, 0.25) is 0 Å². The first kappa shape index (κ1) is 13.0. The van der Waals surface area contributed by atoms with Gasteiger partial charge >= 0.3 is 5.69 Å². The fraction of sp³-hybridized carbons (Fsp3) is 0.154. The Balaban J connectivity index is 1.84. The van der Waals surface area contributed by atoms with Crippen LogP contribution >= 0.6 is 0 Å². The van der Waals surface area contributed by atoms with Gasteiger partial charge in [-0.2, -0.15) is 0 Å². The van der Waals surface area contributed by atoms with E-state index in [1.54, 1.807) is 18.2 Å². The minimum absolute atomic E-state index is 0.190. The van der Waals surface area contributed by atoms with E-state index in [2.05, 4.69) is 10.3 Å². The van der Waals surface area contributed by atoms with Crippen LogP contribution in [0.3, 0.4) is 0 Å². The zero-order valence-electron chi connectivity index (χ0n) is 10.8. The Labute approximate surface area is 117 Å². The third kappa shape index (κ3) is 2.64. The van der Waals surface area contributed by atoms with Gasteiger partial charge in [0.05, 0.1) is 0 Å². The summed E-state index contributed by atoms with van der Waals surface area (Å²) in [5.41, 5.74) is -1.16. The van der Waals surface area contributed by atoms with Crippen molar-refractivity contribution in [2.75, 3.05) is 18.5 Å². The number of fused-ring (bicyclic) bond motifs is 1. The number of amides is 1. The first-order valence-electron chi connectivity index (χ1n) is 6.16. The van der Waals surface area contributed by atoms with Crippen LogP contribution in [0.25, 0.3) is 0 Å². The van der Waals surface area contributed by atoms with Gasteiger partial charge in [0.1, 0.15) is 18.8 Å². The summed E-state index contributed by atoms with van der Waals surface area (Å²) in [6.45, 7) is 0.912. The normalized spacial score (nSPS) is 12.8. The molecule has 108 valence electrons. The van der Waals surface area contributed by atoms with Crippen molar-refractivity contribution in [2.45, 2.75) is 0 Å². The number of aromatic amines is 2. The zero-order valence-corrected chi connectivity index (χ0v) is 10.8. The molecule has 3 rings (SSSR count). The molecule has 1 aromatic heterocycles. The van der Waals surface area contributed by atoms with Crippen molar-refractivity contribution in [2.24, 2.45) is 0 Å². The molecule has 0 unspecified atom stereocenters. The van der Waals surface area contributed by atoms with Gasteiger partial charge in [-0.3, -0.25) is 14.6 Å². The highest BCUT2D eigenvalue weighted by Gasteiger charge is 2.15. The summed E-state index contributed by atoms with van der Waals surface area (Å²) in [7, 11) is 0. The summed E-state index contributed by atoms with van der Waals surface area (Å²) in [5.74, 6) is 0.486. The van der Waals surface area contributed by atoms with Gasteiger partial charge in [-0.15, -0.1) is 0 Å². The van der Waals surface area contributed by atoms with E-state index in [1.165, 1.54) is 0 Å². The molecule has 0 radical (unpaired) electrons. The van der Waals surface area contributed by atoms with Crippen LogP contribution in [0.15, 0.2) is 34.0 Å². The second-order valence-corrected chi connectivity index (χ2v) is 4.30. The molecule has 2 aromatic rings. The SMILES string of the molecule is O=C(Nc1ccc2c(c1)OCCO2)c1c[nH]c(=O)[nH]c1=O. The van der Waals surface area contributed by atoms with Crippen molar-refractivity contribution in [3.05, 3.63) is 50.8 Å². The molecule has 1 aliphatic rings. The van der Waals surface area contributed by atoms with E-state index in [-0.39, 0.29) is 5.56 Å². The second kappa shape index (κ2) is 5.16. The van der Waals surface area contributed by atoms with Gasteiger partial charge in [-0.1, -0.05) is 0 Å². The van der Waals surface area contributed by atoms with E-state index in [0.717, 1.165) is 6.20 Å². The van der Waals surface area contributed by atoms with Gasteiger partial charge in [0, 0.05) is 18.0 Å². The standard InChI is InChI=1S/C13H11N3O5/c17-11(8-6-14-13(19)16-12(8)18)15-7-1-2-9-10(5-7)21-4-3-20-9/h1-2,5-6H,3-4H2,(H,15,17)(H2,14,16,18,19). The quantitative estimate of drug-likeness (QED) is 0.725. The highest BCUT2D eigenvalue weighted by molar-refractivity contribution is 6.03. The fourth-order valence-corrected chi connectivity index (χ4v) is 1.90. The highest BCUT2D eigenvalue weighted by Crippen LogP contribution is 2.32. The lowest BCUT2D eigenvalue weighted by molar-refractivity contribution is 0.102. The van der Waals surface area contributed by atoms with Gasteiger partial charge in [0.2, 0.25) is 0 Å². The molecular formula is C13H11N3O5. The van der Waals surface area contributed by atoms with E-state index < -0.39 is 17.2 Å². The minimum Gasteiger partial charge on any atom is -0.486 e. The predicted octanol–water partition coefficient (Wildman–Crippen LogP) is 0.0867. The van der Waals surface area contributed by atoms with Gasteiger partial charge in [0.15, 0.2) is 11.5 Å². The van der Waals surface area contributed by atoms with E-state index in [9.17, 15) is 14.4 Å². The van der Waals surface area contributed by atoms with Crippen molar-refractivity contribution in [3.8, 4) is 11.5 Å². The third-order valence-electron chi connectivity index (χ3n) is 2.86. The molecule has 0 saturated carbocycles. The zero-order chi connectivity index (χ0) is 14.8. The summed E-state index contributed by atoms with van der Waals surface area (Å²) in [6.07, 6.45) is 1.06. The number of aromatic nitrogens is 2. The number of H-pyrrole nitrogens is 2. The lowest BCUT2D eigenvalue weighted by Crippen LogP contribution is -2.29. The molecule has 0 bridgehead atoms. The number of anilines is 1. The Morgan fingerprint density at radius 1 is 1.14 bits per heavy atom. The van der Waals surface area contributed by atoms with Crippen LogP contribution in [-0.2, 0) is 0 Å². The second-order valence-electron chi connectivity index (χ2n) is 4.30. The van der Waals surface area contributed by atoms with Crippen LogP contribution in [0.5, 0.6) is 11.5 Å². The lowest BCUT2D eigenvalue weighted by atomic mass is 10.2. The smallest absolute Gasteiger partial charge is 0.325 e. The maximum Gasteiger partial charge on any atom is 0.325 e. The molecule has 0 spiro atoms. The Kier molecular flexibility index (Phi) is 3.19. The van der Waals surface area contributed by atoms with Crippen LogP contribution in [-0.4, -0.2) is 29.1 Å². The number of nitrogens with one attached hydrogen (secondary N) is 3. The Morgan fingerprint density at radius 3 is 2.67 bits per heavy atom. The Bertz CT molecular complexity index is 808. The third-order valence-corrected chi connectivity index (χ3v) is 2.86. The molecule has 2 heterocycles. The topological polar surface area (TPSA) is 113 Å².